The number of nitrogens with one attached hydrogen (secondary N) is 1. The average molecular weight is 553 g/mol. The van der Waals surface area contributed by atoms with E-state index in [1.54, 1.807) is 36.4 Å². The Hall–Kier alpha value is -3.40. The molecule has 1 N–H and O–H groups in total. The summed E-state index contributed by atoms with van der Waals surface area (Å²) in [7, 11) is 0.333. The number of likely N-dealkylation sites (N-methyl/N-ethyl adjacent to an activating group) is 1. The fourth-order valence-corrected chi connectivity index (χ4v) is 5.83. The SMILES string of the molecule is CN(C)CCN(c1ccc(N=C(c2ccc3c(c2)OCC3)C2C(=O)Nc3cc(Cl)ccc32)cc1)S(C)(=O)=O. The summed E-state index contributed by atoms with van der Waals surface area (Å²) >= 11 is 6.17. The fourth-order valence-electron chi connectivity index (χ4n) is 4.74. The van der Waals surface area contributed by atoms with E-state index < -0.39 is 15.9 Å². The maximum atomic E-state index is 13.2. The highest BCUT2D eigenvalue weighted by atomic mass is 35.5. The molecule has 1 unspecified atom stereocenters. The number of nitrogens with zero attached hydrogens (tertiary/aromatic N) is 3. The maximum absolute atomic E-state index is 13.2. The molecule has 0 radical (unpaired) electrons. The molecule has 2 aliphatic rings. The summed E-state index contributed by atoms with van der Waals surface area (Å²) in [6, 6.07) is 18.3. The van der Waals surface area contributed by atoms with Gasteiger partial charge in [-0.05, 0) is 67.7 Å². The van der Waals surface area contributed by atoms with Crippen molar-refractivity contribution in [1.29, 1.82) is 0 Å². The van der Waals surface area contributed by atoms with E-state index in [9.17, 15) is 13.2 Å². The van der Waals surface area contributed by atoms with Gasteiger partial charge in [-0.2, -0.15) is 0 Å². The van der Waals surface area contributed by atoms with Crippen molar-refractivity contribution in [3.05, 3.63) is 82.4 Å². The van der Waals surface area contributed by atoms with Crippen molar-refractivity contribution < 1.29 is 17.9 Å². The van der Waals surface area contributed by atoms with Crippen LogP contribution in [0.3, 0.4) is 0 Å². The molecular formula is C28H29ClN4O4S. The second-order valence-corrected chi connectivity index (χ2v) is 12.1. The van der Waals surface area contributed by atoms with Crippen LogP contribution < -0.4 is 14.4 Å². The average Bonchev–Trinajstić information content (AvgIpc) is 3.45. The topological polar surface area (TPSA) is 91.3 Å². The van der Waals surface area contributed by atoms with Gasteiger partial charge in [-0.3, -0.25) is 14.1 Å². The normalized spacial score (nSPS) is 16.7. The predicted molar refractivity (Wildman–Crippen MR) is 152 cm³/mol. The first-order valence-corrected chi connectivity index (χ1v) is 14.5. The Morgan fingerprint density at radius 3 is 2.55 bits per heavy atom. The number of sulfonamides is 1. The van der Waals surface area contributed by atoms with Crippen molar-refractivity contribution >= 4 is 50.3 Å². The van der Waals surface area contributed by atoms with E-state index in [1.165, 1.54) is 10.6 Å². The van der Waals surface area contributed by atoms with Crippen LogP contribution in [0.25, 0.3) is 0 Å². The van der Waals surface area contributed by atoms with Crippen LogP contribution in [0.5, 0.6) is 5.75 Å². The summed E-state index contributed by atoms with van der Waals surface area (Å²) in [5.74, 6) is -0.0371. The zero-order valence-electron chi connectivity index (χ0n) is 21.4. The van der Waals surface area contributed by atoms with Gasteiger partial charge in [-0.15, -0.1) is 0 Å². The summed E-state index contributed by atoms with van der Waals surface area (Å²) in [5.41, 5.74) is 5.09. The van der Waals surface area contributed by atoms with Crippen LogP contribution in [-0.4, -0.2) is 65.0 Å². The molecule has 0 saturated carbocycles. The zero-order chi connectivity index (χ0) is 27.0. The van der Waals surface area contributed by atoms with E-state index in [0.717, 1.165) is 28.9 Å². The third-order valence-corrected chi connectivity index (χ3v) is 8.08. The molecule has 2 heterocycles. The number of halogens is 1. The standard InChI is InChI=1S/C28H29ClN4O4S/c1-32(2)13-14-33(38(3,35)36)22-9-7-21(8-10-22)30-27(19-5-4-18-12-15-37-25(18)16-19)26-23-11-6-20(29)17-24(23)31-28(26)34/h4-11,16-17,26H,12-15H2,1-3H3,(H,31,34). The molecule has 198 valence electrons. The molecule has 0 saturated heterocycles. The number of carbonyl (C=O) groups excluding carboxylic acids is 1. The van der Waals surface area contributed by atoms with Crippen LogP contribution in [0, 0.1) is 0 Å². The fraction of sp³-hybridized carbons (Fsp3) is 0.286. The number of fused-ring (bicyclic) bond motifs is 2. The Balaban J connectivity index is 1.56. The third kappa shape index (κ3) is 5.41. The highest BCUT2D eigenvalue weighted by Crippen LogP contribution is 2.39. The van der Waals surface area contributed by atoms with Crippen LogP contribution in [-0.2, 0) is 21.2 Å². The Labute approximate surface area is 227 Å². The van der Waals surface area contributed by atoms with Gasteiger partial charge >= 0.3 is 0 Å². The van der Waals surface area contributed by atoms with Gasteiger partial charge in [0.05, 0.1) is 29.9 Å². The molecule has 8 nitrogen and oxygen atoms in total. The number of rotatable bonds is 8. The lowest BCUT2D eigenvalue weighted by Gasteiger charge is -2.24. The lowest BCUT2D eigenvalue weighted by atomic mass is 9.90. The number of hydrogen-bond acceptors (Lipinski definition) is 6. The van der Waals surface area contributed by atoms with Gasteiger partial charge in [0.2, 0.25) is 15.9 Å². The lowest BCUT2D eigenvalue weighted by Crippen LogP contribution is -2.35. The first-order valence-electron chi connectivity index (χ1n) is 12.3. The van der Waals surface area contributed by atoms with Gasteiger partial charge in [0.1, 0.15) is 11.7 Å². The summed E-state index contributed by atoms with van der Waals surface area (Å²) in [4.78, 5) is 20.1. The Morgan fingerprint density at radius 2 is 1.84 bits per heavy atom. The van der Waals surface area contributed by atoms with Crippen molar-refractivity contribution in [3.63, 3.8) is 0 Å². The zero-order valence-corrected chi connectivity index (χ0v) is 23.0. The first-order chi connectivity index (χ1) is 18.1. The van der Waals surface area contributed by atoms with Crippen LogP contribution in [0.2, 0.25) is 5.02 Å². The second kappa shape index (κ2) is 10.4. The smallest absolute Gasteiger partial charge is 0.238 e. The van der Waals surface area contributed by atoms with E-state index in [2.05, 4.69) is 5.32 Å². The molecular weight excluding hydrogens is 524 g/mol. The predicted octanol–water partition coefficient (Wildman–Crippen LogP) is 4.46. The molecule has 0 bridgehead atoms. The van der Waals surface area contributed by atoms with Crippen molar-refractivity contribution in [1.82, 2.24) is 4.90 Å². The molecule has 3 aromatic rings. The van der Waals surface area contributed by atoms with E-state index in [1.807, 2.05) is 43.3 Å². The molecule has 0 spiro atoms. The van der Waals surface area contributed by atoms with Crippen LogP contribution in [0.4, 0.5) is 17.1 Å². The minimum Gasteiger partial charge on any atom is -0.493 e. The van der Waals surface area contributed by atoms with Crippen molar-refractivity contribution in [2.45, 2.75) is 12.3 Å². The molecule has 1 atom stereocenters. The summed E-state index contributed by atoms with van der Waals surface area (Å²) in [6.45, 7) is 1.54. The molecule has 10 heteroatoms. The molecule has 38 heavy (non-hydrogen) atoms. The second-order valence-electron chi connectivity index (χ2n) is 9.73. The molecule has 0 aliphatic carbocycles. The summed E-state index contributed by atoms with van der Waals surface area (Å²) in [5, 5.41) is 3.46. The molecule has 3 aromatic carbocycles. The molecule has 2 aliphatic heterocycles. The highest BCUT2D eigenvalue weighted by Gasteiger charge is 2.36. The monoisotopic (exact) mass is 552 g/mol. The summed E-state index contributed by atoms with van der Waals surface area (Å²) < 4.78 is 32.1. The Kier molecular flexibility index (Phi) is 7.17. The van der Waals surface area contributed by atoms with Crippen LogP contribution in [0.15, 0.2) is 65.7 Å². The maximum Gasteiger partial charge on any atom is 0.238 e. The number of hydrogen-bond donors (Lipinski definition) is 1. The number of benzene rings is 3. The minimum absolute atomic E-state index is 0.189. The highest BCUT2D eigenvalue weighted by molar-refractivity contribution is 7.92. The molecule has 1 amide bonds. The molecule has 0 fully saturated rings. The molecule has 0 aromatic heterocycles. The van der Waals surface area contributed by atoms with Gasteiger partial charge in [0, 0.05) is 35.8 Å². The number of aliphatic imine (C=N–C) groups is 1. The van der Waals surface area contributed by atoms with E-state index in [4.69, 9.17) is 21.3 Å². The number of amides is 1. The Bertz CT molecular complexity index is 1520. The van der Waals surface area contributed by atoms with Crippen molar-refractivity contribution in [2.24, 2.45) is 4.99 Å². The van der Waals surface area contributed by atoms with Gasteiger partial charge in [0.25, 0.3) is 0 Å². The van der Waals surface area contributed by atoms with Crippen LogP contribution in [0.1, 0.15) is 22.6 Å². The summed E-state index contributed by atoms with van der Waals surface area (Å²) in [6.07, 6.45) is 2.05. The quantitative estimate of drug-likeness (QED) is 0.417. The first kappa shape index (κ1) is 26.2. The minimum atomic E-state index is -3.46. The third-order valence-electron chi connectivity index (χ3n) is 6.65. The van der Waals surface area contributed by atoms with E-state index in [-0.39, 0.29) is 5.91 Å². The lowest BCUT2D eigenvalue weighted by molar-refractivity contribution is -0.115. The largest absolute Gasteiger partial charge is 0.493 e. The van der Waals surface area contributed by atoms with Gasteiger partial charge < -0.3 is 15.0 Å². The van der Waals surface area contributed by atoms with Gasteiger partial charge in [0.15, 0.2) is 0 Å². The van der Waals surface area contributed by atoms with Crippen molar-refractivity contribution in [2.75, 3.05) is 49.7 Å². The number of carbonyl (C=O) groups is 1. The van der Waals surface area contributed by atoms with Crippen molar-refractivity contribution in [3.8, 4) is 5.75 Å². The van der Waals surface area contributed by atoms with Gasteiger partial charge in [-0.25, -0.2) is 8.42 Å². The number of anilines is 2. The Morgan fingerprint density at radius 1 is 1.08 bits per heavy atom. The van der Waals surface area contributed by atoms with Crippen LogP contribution >= 0.6 is 11.6 Å². The van der Waals surface area contributed by atoms with E-state index >= 15 is 0 Å². The molecule has 5 rings (SSSR count). The van der Waals surface area contributed by atoms with E-state index in [0.29, 0.717) is 47.5 Å². The van der Waals surface area contributed by atoms with Gasteiger partial charge in [-0.1, -0.05) is 29.8 Å². The number of ether oxygens (including phenoxy) is 1.